The summed E-state index contributed by atoms with van der Waals surface area (Å²) in [4.78, 5) is 74.5. The molecule has 2 atom stereocenters. The van der Waals surface area contributed by atoms with Gasteiger partial charge in [0.2, 0.25) is 6.10 Å². The van der Waals surface area contributed by atoms with E-state index in [1.165, 1.54) is 6.92 Å². The Labute approximate surface area is 161 Å². The summed E-state index contributed by atoms with van der Waals surface area (Å²) in [6.45, 7) is 4.33. The normalized spacial score (nSPS) is 15.6. The Morgan fingerprint density at radius 3 is 2.18 bits per heavy atom. The van der Waals surface area contributed by atoms with Crippen LogP contribution in [0.1, 0.15) is 52.9 Å². The van der Waals surface area contributed by atoms with Gasteiger partial charge in [0.15, 0.2) is 6.10 Å². The molecule has 1 fully saturated rings. The number of hydrogen-bond donors (Lipinski definition) is 0. The number of ether oxygens (including phenoxy) is 3. The molecule has 11 nitrogen and oxygen atoms in total. The minimum Gasteiger partial charge on any atom is -0.463 e. The summed E-state index contributed by atoms with van der Waals surface area (Å²) in [6.07, 6.45) is -2.57. The van der Waals surface area contributed by atoms with Crippen molar-refractivity contribution in [3.8, 4) is 0 Å². The summed E-state index contributed by atoms with van der Waals surface area (Å²) >= 11 is 0. The maximum absolute atomic E-state index is 12.2. The SMILES string of the molecule is CCCCOC(=O)C(C)OC(=O)C(CC(=O)ON1C(=O)CCC1=O)OC(C)=O. The highest BCUT2D eigenvalue weighted by Crippen LogP contribution is 2.14. The molecule has 156 valence electrons. The minimum absolute atomic E-state index is 0.0980. The molecule has 0 radical (unpaired) electrons. The minimum atomic E-state index is -1.72. The third kappa shape index (κ3) is 7.33. The van der Waals surface area contributed by atoms with Gasteiger partial charge in [0.05, 0.1) is 13.0 Å². The fourth-order valence-electron chi connectivity index (χ4n) is 2.05. The molecule has 1 aliphatic rings. The van der Waals surface area contributed by atoms with Crippen LogP contribution in [0, 0.1) is 0 Å². The van der Waals surface area contributed by atoms with Gasteiger partial charge >= 0.3 is 23.9 Å². The lowest BCUT2D eigenvalue weighted by molar-refractivity contribution is -0.201. The number of hydroxylamine groups is 2. The maximum atomic E-state index is 12.2. The first-order chi connectivity index (χ1) is 13.1. The van der Waals surface area contributed by atoms with Crippen LogP contribution in [0.5, 0.6) is 0 Å². The van der Waals surface area contributed by atoms with Gasteiger partial charge < -0.3 is 19.0 Å². The molecule has 1 heterocycles. The molecule has 0 bridgehead atoms. The Kier molecular flexibility index (Phi) is 9.06. The predicted octanol–water partition coefficient (Wildman–Crippen LogP) is 0.190. The number of carbonyl (C=O) groups excluding carboxylic acids is 6. The standard InChI is InChI=1S/C17H23NO10/c1-4-5-8-25-16(23)10(2)26-17(24)12(27-11(3)19)9-15(22)28-18-13(20)6-7-14(18)21/h10,12H,4-9H2,1-3H3. The van der Waals surface area contributed by atoms with Gasteiger partial charge in [0.1, 0.15) is 0 Å². The third-order valence-corrected chi connectivity index (χ3v) is 3.49. The van der Waals surface area contributed by atoms with Crippen LogP contribution in [-0.4, -0.2) is 59.6 Å². The first-order valence-electron chi connectivity index (χ1n) is 8.76. The smallest absolute Gasteiger partial charge is 0.348 e. The quantitative estimate of drug-likeness (QED) is 0.215. The van der Waals surface area contributed by atoms with Crippen LogP contribution in [0.4, 0.5) is 0 Å². The molecule has 0 saturated carbocycles. The lowest BCUT2D eigenvalue weighted by Crippen LogP contribution is -2.38. The van der Waals surface area contributed by atoms with Crippen LogP contribution in [0.15, 0.2) is 0 Å². The number of nitrogens with zero attached hydrogens (tertiary/aromatic N) is 1. The highest BCUT2D eigenvalue weighted by molar-refractivity contribution is 6.01. The molecule has 0 spiro atoms. The predicted molar refractivity (Wildman–Crippen MR) is 88.8 cm³/mol. The molecule has 0 aliphatic carbocycles. The first-order valence-corrected chi connectivity index (χ1v) is 8.76. The van der Waals surface area contributed by atoms with E-state index in [1.807, 2.05) is 6.92 Å². The highest BCUT2D eigenvalue weighted by atomic mass is 16.7. The Balaban J connectivity index is 2.65. The number of rotatable bonds is 10. The van der Waals surface area contributed by atoms with Crippen LogP contribution < -0.4 is 0 Å². The molecule has 2 amide bonds. The summed E-state index contributed by atoms with van der Waals surface area (Å²) in [5.74, 6) is -5.42. The van der Waals surface area contributed by atoms with Crippen molar-refractivity contribution in [1.82, 2.24) is 5.06 Å². The van der Waals surface area contributed by atoms with Crippen LogP contribution in [0.25, 0.3) is 0 Å². The summed E-state index contributed by atoms with van der Waals surface area (Å²) in [6, 6.07) is 0. The molecular weight excluding hydrogens is 378 g/mol. The van der Waals surface area contributed by atoms with Crippen molar-refractivity contribution in [2.45, 2.75) is 65.1 Å². The van der Waals surface area contributed by atoms with Gasteiger partial charge in [-0.1, -0.05) is 13.3 Å². The number of unbranched alkanes of at least 4 members (excludes halogenated alkanes) is 1. The van der Waals surface area contributed by atoms with Gasteiger partial charge in [-0.2, -0.15) is 0 Å². The van der Waals surface area contributed by atoms with E-state index >= 15 is 0 Å². The second-order valence-corrected chi connectivity index (χ2v) is 5.95. The third-order valence-electron chi connectivity index (χ3n) is 3.49. The van der Waals surface area contributed by atoms with Crippen molar-refractivity contribution in [2.24, 2.45) is 0 Å². The molecular formula is C17H23NO10. The Morgan fingerprint density at radius 2 is 1.64 bits per heavy atom. The summed E-state index contributed by atoms with van der Waals surface area (Å²) < 4.78 is 14.5. The number of hydrogen-bond acceptors (Lipinski definition) is 10. The van der Waals surface area contributed by atoms with Crippen molar-refractivity contribution in [3.63, 3.8) is 0 Å². The number of amides is 2. The molecule has 1 saturated heterocycles. The second kappa shape index (κ2) is 11.0. The monoisotopic (exact) mass is 401 g/mol. The van der Waals surface area contributed by atoms with Crippen molar-refractivity contribution in [2.75, 3.05) is 6.61 Å². The molecule has 28 heavy (non-hydrogen) atoms. The van der Waals surface area contributed by atoms with Gasteiger partial charge in [0.25, 0.3) is 11.8 Å². The van der Waals surface area contributed by atoms with Crippen molar-refractivity contribution < 1.29 is 47.8 Å². The molecule has 0 aromatic rings. The molecule has 11 heteroatoms. The second-order valence-electron chi connectivity index (χ2n) is 5.95. The van der Waals surface area contributed by atoms with E-state index in [2.05, 4.69) is 4.84 Å². The lowest BCUT2D eigenvalue weighted by Gasteiger charge is -2.19. The molecule has 0 aromatic heterocycles. The number of esters is 3. The van der Waals surface area contributed by atoms with E-state index in [1.54, 1.807) is 0 Å². The molecule has 1 rings (SSSR count). The molecule has 0 N–H and O–H groups in total. The van der Waals surface area contributed by atoms with Crippen LogP contribution in [-0.2, 0) is 47.8 Å². The topological polar surface area (TPSA) is 143 Å². The van der Waals surface area contributed by atoms with E-state index in [-0.39, 0.29) is 19.4 Å². The van der Waals surface area contributed by atoms with Crippen molar-refractivity contribution in [1.29, 1.82) is 0 Å². The van der Waals surface area contributed by atoms with Gasteiger partial charge in [-0.25, -0.2) is 14.4 Å². The Hall–Kier alpha value is -2.98. The Bertz CT molecular complexity index is 628. The van der Waals surface area contributed by atoms with Crippen LogP contribution >= 0.6 is 0 Å². The summed E-state index contributed by atoms with van der Waals surface area (Å²) in [5.41, 5.74) is 0. The van der Waals surface area contributed by atoms with Crippen molar-refractivity contribution in [3.05, 3.63) is 0 Å². The molecule has 1 aliphatic heterocycles. The molecule has 2 unspecified atom stereocenters. The van der Waals surface area contributed by atoms with Crippen LogP contribution in [0.3, 0.4) is 0 Å². The fourth-order valence-corrected chi connectivity index (χ4v) is 2.05. The summed E-state index contributed by atoms with van der Waals surface area (Å²) in [7, 11) is 0. The zero-order valence-corrected chi connectivity index (χ0v) is 15.9. The van der Waals surface area contributed by atoms with Crippen LogP contribution in [0.2, 0.25) is 0 Å². The van der Waals surface area contributed by atoms with E-state index in [0.29, 0.717) is 11.5 Å². The van der Waals surface area contributed by atoms with Gasteiger partial charge in [-0.15, -0.1) is 5.06 Å². The van der Waals surface area contributed by atoms with E-state index in [9.17, 15) is 28.8 Å². The fraction of sp³-hybridized carbons (Fsp3) is 0.647. The largest absolute Gasteiger partial charge is 0.463 e. The zero-order valence-electron chi connectivity index (χ0n) is 15.9. The average Bonchev–Trinajstić information content (AvgIpc) is 2.92. The van der Waals surface area contributed by atoms with Gasteiger partial charge in [0, 0.05) is 19.8 Å². The van der Waals surface area contributed by atoms with Crippen molar-refractivity contribution >= 4 is 35.7 Å². The van der Waals surface area contributed by atoms with Gasteiger partial charge in [-0.3, -0.25) is 14.4 Å². The van der Waals surface area contributed by atoms with E-state index in [4.69, 9.17) is 14.2 Å². The Morgan fingerprint density at radius 1 is 1.04 bits per heavy atom. The average molecular weight is 401 g/mol. The first kappa shape index (κ1) is 23.1. The number of carbonyl (C=O) groups is 6. The zero-order chi connectivity index (χ0) is 21.3. The number of imide groups is 1. The lowest BCUT2D eigenvalue weighted by atomic mass is 10.2. The van der Waals surface area contributed by atoms with E-state index < -0.39 is 54.3 Å². The van der Waals surface area contributed by atoms with E-state index in [0.717, 1.165) is 13.3 Å². The molecule has 0 aromatic carbocycles. The van der Waals surface area contributed by atoms with Gasteiger partial charge in [-0.05, 0) is 13.3 Å². The highest BCUT2D eigenvalue weighted by Gasteiger charge is 2.36. The summed E-state index contributed by atoms with van der Waals surface area (Å²) in [5, 5.41) is 0.298. The maximum Gasteiger partial charge on any atom is 0.348 e.